The number of rotatable bonds is 0. The van der Waals surface area contributed by atoms with E-state index < -0.39 is 0 Å². The Hall–Kier alpha value is 1.29. The van der Waals surface area contributed by atoms with Crippen LogP contribution in [0.2, 0.25) is 0 Å². The fourth-order valence-corrected chi connectivity index (χ4v) is 1.41. The van der Waals surface area contributed by atoms with Gasteiger partial charge < -0.3 is 0 Å². The van der Waals surface area contributed by atoms with Crippen molar-refractivity contribution in [3.63, 3.8) is 0 Å². The van der Waals surface area contributed by atoms with Crippen molar-refractivity contribution in [2.75, 3.05) is 0 Å². The summed E-state index contributed by atoms with van der Waals surface area (Å²) in [6, 6.07) is 0. The largest absolute Gasteiger partial charge is 1.00 e. The minimum absolute atomic E-state index is 0. The molecule has 11 heavy (non-hydrogen) atoms. The van der Waals surface area contributed by atoms with Gasteiger partial charge in [-0.1, -0.05) is 18.1 Å². The molecule has 0 fully saturated rings. The van der Waals surface area contributed by atoms with E-state index in [1.165, 1.54) is 28.2 Å². The fourth-order valence-electron chi connectivity index (χ4n) is 1.41. The first kappa shape index (κ1) is 12.3. The Balaban J connectivity index is 0.000001000. The molecule has 0 aromatic carbocycles. The zero-order chi connectivity index (χ0) is 7.89. The molecule has 0 spiro atoms. The van der Waals surface area contributed by atoms with Gasteiger partial charge in [-0.05, 0) is 38.8 Å². The molecule has 0 heterocycles. The first-order valence-corrected chi connectivity index (χ1v) is 3.75. The maximum absolute atomic E-state index is 2.20. The predicted molar refractivity (Wildman–Crippen MR) is 45.7 cm³/mol. The molecule has 55 valence electrons. The maximum atomic E-state index is 2.20. The Morgan fingerprint density at radius 3 is 0.909 bits per heavy atom. The Morgan fingerprint density at radius 2 is 0.818 bits per heavy atom. The van der Waals surface area contributed by atoms with E-state index in [0.717, 1.165) is 0 Å². The monoisotopic (exact) mass is 220 g/mol. The molecular weight excluding hydrogens is 206 g/mol. The summed E-state index contributed by atoms with van der Waals surface area (Å²) >= 11 is 0. The molecule has 1 heteroatoms. The van der Waals surface area contributed by atoms with E-state index in [4.69, 9.17) is 0 Å². The van der Waals surface area contributed by atoms with Crippen LogP contribution in [0.1, 0.15) is 34.6 Å². The van der Waals surface area contributed by atoms with Gasteiger partial charge in [-0.15, -0.1) is 0 Å². The van der Waals surface area contributed by atoms with Crippen molar-refractivity contribution in [3.8, 4) is 0 Å². The van der Waals surface area contributed by atoms with Gasteiger partial charge in [0.15, 0.2) is 0 Å². The van der Waals surface area contributed by atoms with Crippen molar-refractivity contribution < 1.29 is 58.2 Å². The molecule has 0 aromatic rings. The van der Waals surface area contributed by atoms with Crippen molar-refractivity contribution in [1.29, 1.82) is 0 Å². The van der Waals surface area contributed by atoms with Gasteiger partial charge in [-0.2, -0.15) is 0 Å². The van der Waals surface area contributed by atoms with Gasteiger partial charge in [0.1, 0.15) is 0 Å². The van der Waals surface area contributed by atoms with Crippen LogP contribution in [0.5, 0.6) is 0 Å². The molecule has 0 aromatic heterocycles. The summed E-state index contributed by atoms with van der Waals surface area (Å²) in [5.41, 5.74) is 5.87. The molecule has 0 bridgehead atoms. The standard InChI is InChI=1S/C10H15.Rb/c1-6-7(2)9(4)10(5)8(6)3;/h1-5H3;/q;+1. The van der Waals surface area contributed by atoms with Crippen LogP contribution in [-0.2, 0) is 0 Å². The van der Waals surface area contributed by atoms with Gasteiger partial charge in [0, 0.05) is 5.92 Å². The van der Waals surface area contributed by atoms with Gasteiger partial charge in [0.05, 0.1) is 0 Å². The quantitative estimate of drug-likeness (QED) is 0.550. The van der Waals surface area contributed by atoms with Crippen LogP contribution in [-0.4, -0.2) is 0 Å². The molecule has 0 amide bonds. The molecule has 1 aliphatic carbocycles. The minimum Gasteiger partial charge on any atom is -0.0589 e. The smallest absolute Gasteiger partial charge is 0.0589 e. The number of hydrogen-bond acceptors (Lipinski definition) is 0. The molecule has 0 N–H and O–H groups in total. The van der Waals surface area contributed by atoms with Gasteiger partial charge in [-0.25, -0.2) is 0 Å². The Labute approximate surface area is 119 Å². The fraction of sp³-hybridized carbons (Fsp3) is 0.500. The average Bonchev–Trinajstić information content (AvgIpc) is 2.07. The molecule has 0 unspecified atom stereocenters. The van der Waals surface area contributed by atoms with Crippen LogP contribution < -0.4 is 58.2 Å². The van der Waals surface area contributed by atoms with E-state index >= 15 is 0 Å². The molecule has 0 nitrogen and oxygen atoms in total. The third-order valence-corrected chi connectivity index (χ3v) is 2.81. The number of allylic oxidation sites excluding steroid dienone is 4. The Bertz CT molecular complexity index is 197. The van der Waals surface area contributed by atoms with E-state index in [1.807, 2.05) is 0 Å². The van der Waals surface area contributed by atoms with Crippen LogP contribution in [0.4, 0.5) is 0 Å². The molecule has 0 atom stereocenters. The van der Waals surface area contributed by atoms with Crippen molar-refractivity contribution in [2.45, 2.75) is 34.6 Å². The van der Waals surface area contributed by atoms with Crippen molar-refractivity contribution in [3.05, 3.63) is 28.2 Å². The molecular formula is C10H15Rb+. The summed E-state index contributed by atoms with van der Waals surface area (Å²) in [6.07, 6.45) is 0. The second-order valence-electron chi connectivity index (χ2n) is 3.12. The molecule has 0 saturated carbocycles. The SMILES string of the molecule is C[C]1C(C)=C(C)C(C)=C1C.[Rb+]. The van der Waals surface area contributed by atoms with Crippen LogP contribution in [0, 0.1) is 5.92 Å². The normalized spacial score (nSPS) is 19.4. The van der Waals surface area contributed by atoms with E-state index in [0.29, 0.717) is 0 Å². The van der Waals surface area contributed by atoms with Crippen LogP contribution in [0.3, 0.4) is 0 Å². The first-order chi connectivity index (χ1) is 4.55. The van der Waals surface area contributed by atoms with E-state index in [1.54, 1.807) is 0 Å². The van der Waals surface area contributed by atoms with E-state index in [2.05, 4.69) is 34.6 Å². The summed E-state index contributed by atoms with van der Waals surface area (Å²) < 4.78 is 0. The first-order valence-electron chi connectivity index (χ1n) is 3.75. The molecule has 0 aliphatic heterocycles. The average molecular weight is 221 g/mol. The minimum atomic E-state index is 0. The van der Waals surface area contributed by atoms with Crippen LogP contribution in [0.15, 0.2) is 22.3 Å². The zero-order valence-electron chi connectivity index (χ0n) is 8.50. The summed E-state index contributed by atoms with van der Waals surface area (Å²) in [7, 11) is 0. The zero-order valence-corrected chi connectivity index (χ0v) is 13.4. The predicted octanol–water partition coefficient (Wildman–Crippen LogP) is 0.271. The van der Waals surface area contributed by atoms with Crippen molar-refractivity contribution in [2.24, 2.45) is 0 Å². The third kappa shape index (κ3) is 2.15. The van der Waals surface area contributed by atoms with Crippen LogP contribution >= 0.6 is 0 Å². The molecule has 1 rings (SSSR count). The second kappa shape index (κ2) is 4.50. The van der Waals surface area contributed by atoms with Gasteiger partial charge in [-0.3, -0.25) is 0 Å². The number of hydrogen-bond donors (Lipinski definition) is 0. The van der Waals surface area contributed by atoms with Gasteiger partial charge >= 0.3 is 58.2 Å². The summed E-state index contributed by atoms with van der Waals surface area (Å²) in [5.74, 6) is 1.47. The molecule has 0 saturated heterocycles. The third-order valence-electron chi connectivity index (χ3n) is 2.81. The maximum Gasteiger partial charge on any atom is 1.00 e. The van der Waals surface area contributed by atoms with E-state index in [9.17, 15) is 0 Å². The molecule has 1 aliphatic rings. The molecule has 1 radical (unpaired) electrons. The van der Waals surface area contributed by atoms with E-state index in [-0.39, 0.29) is 58.2 Å². The second-order valence-corrected chi connectivity index (χ2v) is 3.12. The summed E-state index contributed by atoms with van der Waals surface area (Å²) in [5, 5.41) is 0. The Morgan fingerprint density at radius 1 is 0.545 bits per heavy atom. The van der Waals surface area contributed by atoms with Crippen molar-refractivity contribution >= 4 is 0 Å². The topological polar surface area (TPSA) is 0 Å². The van der Waals surface area contributed by atoms with Crippen LogP contribution in [0.25, 0.3) is 0 Å². The summed E-state index contributed by atoms with van der Waals surface area (Å²) in [4.78, 5) is 0. The Kier molecular flexibility index (Phi) is 5.03. The van der Waals surface area contributed by atoms with Crippen molar-refractivity contribution in [1.82, 2.24) is 0 Å². The summed E-state index contributed by atoms with van der Waals surface area (Å²) in [6.45, 7) is 11.0. The van der Waals surface area contributed by atoms with Gasteiger partial charge in [0.25, 0.3) is 0 Å². The van der Waals surface area contributed by atoms with Gasteiger partial charge in [0.2, 0.25) is 0 Å².